The number of amides is 1. The van der Waals surface area contributed by atoms with E-state index in [0.29, 0.717) is 34.8 Å². The first kappa shape index (κ1) is 23.0. The molecule has 0 aliphatic carbocycles. The molecule has 1 amide bonds. The Morgan fingerprint density at radius 2 is 1.89 bits per heavy atom. The van der Waals surface area contributed by atoms with E-state index in [0.717, 1.165) is 15.8 Å². The fraction of sp³-hybridized carbons (Fsp3) is 0.192. The zero-order chi connectivity index (χ0) is 24.4. The van der Waals surface area contributed by atoms with Crippen molar-refractivity contribution in [2.45, 2.75) is 6.10 Å². The third-order valence-electron chi connectivity index (χ3n) is 5.77. The number of fused-ring (bicyclic) bond motifs is 5. The van der Waals surface area contributed by atoms with Gasteiger partial charge in [-0.25, -0.2) is 4.98 Å². The summed E-state index contributed by atoms with van der Waals surface area (Å²) >= 11 is 1.38. The molecule has 2 aromatic carbocycles. The minimum absolute atomic E-state index is 0.0943. The number of carbonyl (C=O) groups is 1. The molecule has 178 valence electrons. The van der Waals surface area contributed by atoms with Crippen molar-refractivity contribution in [1.82, 2.24) is 14.7 Å². The summed E-state index contributed by atoms with van der Waals surface area (Å²) in [5.74, 6) is 0.0828. The molecule has 0 saturated carbocycles. The summed E-state index contributed by atoms with van der Waals surface area (Å²) in [6.07, 6.45) is -0.711. The topological polar surface area (TPSA) is 105 Å². The van der Waals surface area contributed by atoms with E-state index in [9.17, 15) is 14.7 Å². The van der Waals surface area contributed by atoms with E-state index in [2.05, 4.69) is 10.6 Å². The average molecular weight is 489 g/mol. The zero-order valence-corrected chi connectivity index (χ0v) is 19.8. The molecular formula is C26H24N4O4S. The lowest BCUT2D eigenvalue weighted by Gasteiger charge is -2.14. The van der Waals surface area contributed by atoms with E-state index in [1.807, 2.05) is 59.0 Å². The largest absolute Gasteiger partial charge is 0.387 e. The molecule has 5 rings (SSSR count). The maximum absolute atomic E-state index is 13.5. The zero-order valence-electron chi connectivity index (χ0n) is 19.0. The van der Waals surface area contributed by atoms with Gasteiger partial charge in [-0.15, -0.1) is 11.3 Å². The Kier molecular flexibility index (Phi) is 6.45. The number of thiazole rings is 1. The van der Waals surface area contributed by atoms with Crippen LogP contribution < -0.4 is 16.1 Å². The fourth-order valence-corrected chi connectivity index (χ4v) is 5.22. The summed E-state index contributed by atoms with van der Waals surface area (Å²) < 4.78 is 7.81. The lowest BCUT2D eigenvalue weighted by atomic mass is 10.1. The highest BCUT2D eigenvalue weighted by atomic mass is 32.1. The van der Waals surface area contributed by atoms with Crippen LogP contribution in [0.2, 0.25) is 0 Å². The molecule has 8 nitrogen and oxygen atoms in total. The number of carbonyl (C=O) groups excluding carboxylic acids is 1. The van der Waals surface area contributed by atoms with Crippen molar-refractivity contribution in [2.75, 3.05) is 32.1 Å². The molecule has 3 N–H and O–H groups in total. The van der Waals surface area contributed by atoms with Crippen LogP contribution >= 0.6 is 11.3 Å². The van der Waals surface area contributed by atoms with Crippen molar-refractivity contribution in [2.24, 2.45) is 0 Å². The van der Waals surface area contributed by atoms with Gasteiger partial charge in [0.05, 0.1) is 28.3 Å². The molecule has 3 aromatic heterocycles. The minimum atomic E-state index is -0.711. The van der Waals surface area contributed by atoms with Crippen LogP contribution in [0.3, 0.4) is 0 Å². The second-order valence-corrected chi connectivity index (χ2v) is 9.07. The summed E-state index contributed by atoms with van der Waals surface area (Å²) in [4.78, 5) is 31.7. The number of benzene rings is 2. The summed E-state index contributed by atoms with van der Waals surface area (Å²) in [5.41, 5.74) is 1.83. The second-order valence-electron chi connectivity index (χ2n) is 8.04. The van der Waals surface area contributed by atoms with Crippen molar-refractivity contribution in [3.8, 4) is 0 Å². The Morgan fingerprint density at radius 1 is 1.11 bits per heavy atom. The number of pyridine rings is 2. The van der Waals surface area contributed by atoms with E-state index in [1.165, 1.54) is 11.3 Å². The van der Waals surface area contributed by atoms with Crippen molar-refractivity contribution in [3.05, 3.63) is 88.1 Å². The first-order valence-corrected chi connectivity index (χ1v) is 12.0. The molecule has 0 fully saturated rings. The van der Waals surface area contributed by atoms with Gasteiger partial charge in [-0.3, -0.25) is 14.0 Å². The highest BCUT2D eigenvalue weighted by Gasteiger charge is 2.22. The molecule has 9 heteroatoms. The van der Waals surface area contributed by atoms with Crippen LogP contribution in [-0.4, -0.2) is 47.2 Å². The van der Waals surface area contributed by atoms with Gasteiger partial charge < -0.3 is 20.5 Å². The maximum Gasteiger partial charge on any atom is 0.258 e. The van der Waals surface area contributed by atoms with Crippen molar-refractivity contribution in [1.29, 1.82) is 0 Å². The van der Waals surface area contributed by atoms with Gasteiger partial charge in [-0.1, -0.05) is 42.5 Å². The standard InChI is InChI=1S/C26H24N4O4S/c1-34-14-13-27-25(33)22-23(32)17-11-12-21(28-15-19(31)16-7-3-2-4-8-16)29-24(17)30-18-9-5-6-10-20(18)35-26(22)30/h2-12,19,31H,13-15H2,1H3,(H,27,33)(H,28,29). The van der Waals surface area contributed by atoms with Gasteiger partial charge in [0.25, 0.3) is 5.91 Å². The molecule has 0 bridgehead atoms. The molecule has 0 aliphatic rings. The second kappa shape index (κ2) is 9.83. The monoisotopic (exact) mass is 488 g/mol. The Bertz CT molecular complexity index is 1580. The molecule has 0 saturated heterocycles. The van der Waals surface area contributed by atoms with Gasteiger partial charge in [0.15, 0.2) is 5.65 Å². The number of hydrogen-bond donors (Lipinski definition) is 3. The van der Waals surface area contributed by atoms with Gasteiger partial charge in [0.1, 0.15) is 16.2 Å². The van der Waals surface area contributed by atoms with Gasteiger partial charge in [0.2, 0.25) is 5.43 Å². The van der Waals surface area contributed by atoms with Crippen LogP contribution in [0.25, 0.3) is 26.1 Å². The first-order valence-electron chi connectivity index (χ1n) is 11.2. The van der Waals surface area contributed by atoms with E-state index >= 15 is 0 Å². The summed E-state index contributed by atoms with van der Waals surface area (Å²) in [6, 6.07) is 20.5. The van der Waals surface area contributed by atoms with Crippen LogP contribution in [0.15, 0.2) is 71.5 Å². The quantitative estimate of drug-likeness (QED) is 0.289. The van der Waals surface area contributed by atoms with Crippen LogP contribution in [-0.2, 0) is 4.74 Å². The molecule has 0 aliphatic heterocycles. The molecule has 0 radical (unpaired) electrons. The predicted octanol–water partition coefficient (Wildman–Crippen LogP) is 3.58. The van der Waals surface area contributed by atoms with E-state index in [1.54, 1.807) is 19.2 Å². The Balaban J connectivity index is 1.61. The van der Waals surface area contributed by atoms with Crippen molar-refractivity contribution >= 4 is 49.1 Å². The summed E-state index contributed by atoms with van der Waals surface area (Å²) in [7, 11) is 1.55. The van der Waals surface area contributed by atoms with Crippen LogP contribution in [0.4, 0.5) is 5.82 Å². The van der Waals surface area contributed by atoms with Crippen LogP contribution in [0.5, 0.6) is 0 Å². The summed E-state index contributed by atoms with van der Waals surface area (Å²) in [5, 5.41) is 16.8. The molecule has 1 atom stereocenters. The van der Waals surface area contributed by atoms with Crippen LogP contribution in [0, 0.1) is 0 Å². The molecule has 5 aromatic rings. The van der Waals surface area contributed by atoms with Gasteiger partial charge >= 0.3 is 0 Å². The van der Waals surface area contributed by atoms with Gasteiger partial charge in [-0.2, -0.15) is 0 Å². The van der Waals surface area contributed by atoms with E-state index in [4.69, 9.17) is 9.72 Å². The number of methoxy groups -OCH3 is 1. The number of aliphatic hydroxyl groups excluding tert-OH is 1. The molecule has 0 spiro atoms. The SMILES string of the molecule is COCCNC(=O)c1c(=O)c2ccc(NCC(O)c3ccccc3)nc2n2c1sc1ccccc12. The highest BCUT2D eigenvalue weighted by molar-refractivity contribution is 7.24. The summed E-state index contributed by atoms with van der Waals surface area (Å²) in [6.45, 7) is 0.904. The van der Waals surface area contributed by atoms with Crippen LogP contribution in [0.1, 0.15) is 22.0 Å². The Labute approximate surface area is 204 Å². The lowest BCUT2D eigenvalue weighted by molar-refractivity contribution is 0.0937. The lowest BCUT2D eigenvalue weighted by Crippen LogP contribution is -2.31. The third-order valence-corrected chi connectivity index (χ3v) is 6.91. The van der Waals surface area contributed by atoms with Gasteiger partial charge in [-0.05, 0) is 29.8 Å². The number of aliphatic hydroxyl groups is 1. The van der Waals surface area contributed by atoms with Gasteiger partial charge in [0, 0.05) is 20.2 Å². The third kappa shape index (κ3) is 4.37. The van der Waals surface area contributed by atoms with E-state index < -0.39 is 12.0 Å². The Hall–Kier alpha value is -3.79. The van der Waals surface area contributed by atoms with Crippen molar-refractivity contribution in [3.63, 3.8) is 0 Å². The highest BCUT2D eigenvalue weighted by Crippen LogP contribution is 2.31. The number of nitrogens with zero attached hydrogens (tertiary/aromatic N) is 2. The average Bonchev–Trinajstić information content (AvgIpc) is 3.27. The fourth-order valence-electron chi connectivity index (χ4n) is 4.04. The molecule has 35 heavy (non-hydrogen) atoms. The number of anilines is 1. The Morgan fingerprint density at radius 3 is 2.69 bits per heavy atom. The molecular weight excluding hydrogens is 464 g/mol. The first-order chi connectivity index (χ1) is 17.1. The van der Waals surface area contributed by atoms with Crippen molar-refractivity contribution < 1.29 is 14.6 Å². The number of hydrogen-bond acceptors (Lipinski definition) is 7. The molecule has 1 unspecified atom stereocenters. The minimum Gasteiger partial charge on any atom is -0.387 e. The number of aromatic nitrogens is 2. The van der Waals surface area contributed by atoms with E-state index in [-0.39, 0.29) is 17.5 Å². The normalized spacial score (nSPS) is 12.3. The molecule has 3 heterocycles. The number of ether oxygens (including phenoxy) is 1. The number of rotatable bonds is 8. The number of para-hydroxylation sites is 1. The maximum atomic E-state index is 13.5. The predicted molar refractivity (Wildman–Crippen MR) is 138 cm³/mol. The number of nitrogens with one attached hydrogen (secondary N) is 2. The smallest absolute Gasteiger partial charge is 0.258 e.